The Morgan fingerprint density at radius 2 is 2.11 bits per heavy atom. The first-order chi connectivity index (χ1) is 26.1. The van der Waals surface area contributed by atoms with Crippen molar-refractivity contribution < 1.29 is 27.4 Å². The van der Waals surface area contributed by atoms with Crippen LogP contribution < -0.4 is 26.4 Å². The van der Waals surface area contributed by atoms with Crippen molar-refractivity contribution >= 4 is 55.5 Å². The van der Waals surface area contributed by atoms with Gasteiger partial charge in [-0.2, -0.15) is 5.26 Å². The molecule has 7 aliphatic rings. The van der Waals surface area contributed by atoms with Gasteiger partial charge in [-0.25, -0.2) is 18.2 Å². The van der Waals surface area contributed by atoms with Gasteiger partial charge in [0, 0.05) is 42.0 Å². The van der Waals surface area contributed by atoms with E-state index in [0.29, 0.717) is 48.8 Å². The molecular formula is C38H38ClF3N8O3S. The zero-order valence-corrected chi connectivity index (χ0v) is 30.8. The summed E-state index contributed by atoms with van der Waals surface area (Å²) >= 11 is 8.03. The normalized spacial score (nSPS) is 29.8. The molecule has 282 valence electrons. The van der Waals surface area contributed by atoms with Crippen LogP contribution in [0.5, 0.6) is 5.75 Å². The molecule has 2 saturated carbocycles. The van der Waals surface area contributed by atoms with Crippen molar-refractivity contribution in [1.29, 1.82) is 5.26 Å². The Kier molecular flexibility index (Phi) is 8.03. The number of rotatable bonds is 8. The number of thiophene rings is 1. The second kappa shape index (κ2) is 12.7. The van der Waals surface area contributed by atoms with Crippen LogP contribution in [0.15, 0.2) is 29.3 Å². The lowest BCUT2D eigenvalue weighted by Gasteiger charge is -2.32. The van der Waals surface area contributed by atoms with Crippen LogP contribution in [0.2, 0.25) is 5.02 Å². The van der Waals surface area contributed by atoms with E-state index in [9.17, 15) is 14.4 Å². The van der Waals surface area contributed by atoms with Gasteiger partial charge in [0.1, 0.15) is 48.2 Å². The molecule has 5 fully saturated rings. The van der Waals surface area contributed by atoms with Crippen LogP contribution in [-0.2, 0) is 9.53 Å². The first-order valence-electron chi connectivity index (χ1n) is 18.6. The van der Waals surface area contributed by atoms with E-state index in [0.717, 1.165) is 37.1 Å². The average molecular weight is 779 g/mol. The predicted molar refractivity (Wildman–Crippen MR) is 199 cm³/mol. The van der Waals surface area contributed by atoms with E-state index in [-0.39, 0.29) is 91.8 Å². The molecule has 3 aromatic rings. The second-order valence-corrected chi connectivity index (χ2v) is 17.1. The third-order valence-corrected chi connectivity index (χ3v) is 13.8. The van der Waals surface area contributed by atoms with Gasteiger partial charge >= 0.3 is 5.95 Å². The lowest BCUT2D eigenvalue weighted by molar-refractivity contribution is -0.121. The smallest absolute Gasteiger partial charge is 0.302 e. The summed E-state index contributed by atoms with van der Waals surface area (Å²) in [7, 11) is 0. The second-order valence-electron chi connectivity index (χ2n) is 15.7. The van der Waals surface area contributed by atoms with Crippen LogP contribution in [0.4, 0.5) is 23.9 Å². The maximum absolute atomic E-state index is 17.4. The number of nitrogens with two attached hydrogens (primary N) is 1. The molecule has 6 heterocycles. The average Bonchev–Trinajstić information content (AvgIpc) is 4.01. The SMILES string of the molecule is N#Cc1c(N)sc2c(F)ccc(-c3c(F)c4c5c(c3Cl)NCN=C5N(C3CCC(NC(=O)[C@@H]5N[C@H]5C5CC5)C3)C=C(OC[C@@]35CCCN3C[C@H](F)C5)O4)c12. The molecular weight excluding hydrogens is 741 g/mol. The Labute approximate surface area is 318 Å². The van der Waals surface area contributed by atoms with Gasteiger partial charge in [0.15, 0.2) is 11.6 Å². The minimum Gasteiger partial charge on any atom is -0.462 e. The van der Waals surface area contributed by atoms with Crippen LogP contribution >= 0.6 is 22.9 Å². The molecule has 0 radical (unpaired) electrons. The van der Waals surface area contributed by atoms with E-state index < -0.39 is 23.3 Å². The number of alkyl halides is 1. The largest absolute Gasteiger partial charge is 0.462 e. The van der Waals surface area contributed by atoms with E-state index in [2.05, 4.69) is 20.9 Å². The van der Waals surface area contributed by atoms with Crippen molar-refractivity contribution in [2.45, 2.75) is 87.2 Å². The summed E-state index contributed by atoms with van der Waals surface area (Å²) in [6.07, 6.45) is 7.13. The number of nitriles is 1. The molecule has 54 heavy (non-hydrogen) atoms. The van der Waals surface area contributed by atoms with Crippen molar-refractivity contribution in [3.8, 4) is 22.9 Å². The molecule has 16 heteroatoms. The molecule has 5 aliphatic heterocycles. The number of fused-ring (bicyclic) bond motifs is 2. The third kappa shape index (κ3) is 5.43. The van der Waals surface area contributed by atoms with Gasteiger partial charge in [-0.1, -0.05) is 17.7 Å². The first-order valence-corrected chi connectivity index (χ1v) is 19.8. The van der Waals surface area contributed by atoms with Crippen LogP contribution in [0.25, 0.3) is 21.2 Å². The molecule has 10 rings (SSSR count). The molecule has 1 amide bonds. The highest BCUT2D eigenvalue weighted by Crippen LogP contribution is 2.52. The van der Waals surface area contributed by atoms with Crippen molar-refractivity contribution in [2.75, 3.05) is 37.4 Å². The monoisotopic (exact) mass is 778 g/mol. The topological polar surface area (TPSA) is 150 Å². The minimum atomic E-state index is -0.966. The zero-order valence-electron chi connectivity index (χ0n) is 29.2. The van der Waals surface area contributed by atoms with Crippen molar-refractivity contribution in [2.24, 2.45) is 10.9 Å². The minimum absolute atomic E-state index is 0.00674. The number of hydrogen-bond donors (Lipinski definition) is 4. The summed E-state index contributed by atoms with van der Waals surface area (Å²) in [5, 5.41) is 20.1. The fraction of sp³-hybridized carbons (Fsp3) is 0.500. The van der Waals surface area contributed by atoms with Crippen LogP contribution in [-0.4, -0.2) is 83.8 Å². The highest BCUT2D eigenvalue weighted by molar-refractivity contribution is 7.23. The Morgan fingerprint density at radius 1 is 1.26 bits per heavy atom. The van der Waals surface area contributed by atoms with Crippen molar-refractivity contribution in [1.82, 2.24) is 20.4 Å². The Morgan fingerprint density at radius 3 is 2.93 bits per heavy atom. The number of carbonyl (C=O) groups excluding carboxylic acids is 1. The predicted octanol–water partition coefficient (Wildman–Crippen LogP) is 5.96. The van der Waals surface area contributed by atoms with Gasteiger partial charge in [0.2, 0.25) is 5.91 Å². The summed E-state index contributed by atoms with van der Waals surface area (Å²) in [6, 6.07) is 4.53. The summed E-state index contributed by atoms with van der Waals surface area (Å²) < 4.78 is 60.3. The van der Waals surface area contributed by atoms with E-state index in [1.807, 2.05) is 11.0 Å². The number of amides is 1. The zero-order chi connectivity index (χ0) is 37.0. The van der Waals surface area contributed by atoms with E-state index >= 15 is 8.78 Å². The number of halogens is 4. The lowest BCUT2D eigenvalue weighted by Crippen LogP contribution is -2.42. The fourth-order valence-electron chi connectivity index (χ4n) is 9.56. The number of nitrogens with zero attached hydrogens (tertiary/aromatic N) is 4. The lowest BCUT2D eigenvalue weighted by atomic mass is 9.94. The summed E-state index contributed by atoms with van der Waals surface area (Å²) in [5.41, 5.74) is 6.40. The Hall–Kier alpha value is -4.23. The quantitative estimate of drug-likeness (QED) is 0.203. The van der Waals surface area contributed by atoms with Gasteiger partial charge in [0.25, 0.3) is 0 Å². The van der Waals surface area contributed by atoms with Crippen molar-refractivity contribution in [3.05, 3.63) is 52.1 Å². The van der Waals surface area contributed by atoms with Gasteiger partial charge in [-0.3, -0.25) is 15.0 Å². The number of hydrogen-bond acceptors (Lipinski definition) is 11. The number of nitrogens with one attached hydrogen (secondary N) is 3. The van der Waals surface area contributed by atoms with E-state index in [1.165, 1.54) is 25.0 Å². The number of benzene rings is 2. The van der Waals surface area contributed by atoms with Gasteiger partial charge in [0.05, 0.1) is 38.3 Å². The van der Waals surface area contributed by atoms with Crippen molar-refractivity contribution in [3.63, 3.8) is 0 Å². The highest BCUT2D eigenvalue weighted by Gasteiger charge is 2.52. The van der Waals surface area contributed by atoms with Gasteiger partial charge in [-0.15, -0.1) is 11.3 Å². The number of ether oxygens (including phenoxy) is 2. The molecule has 2 aromatic carbocycles. The number of amidine groups is 1. The fourth-order valence-corrected chi connectivity index (χ4v) is 10.9. The Balaban J connectivity index is 1.04. The number of carbonyl (C=O) groups is 1. The molecule has 2 unspecified atom stereocenters. The molecule has 0 bridgehead atoms. The number of anilines is 2. The van der Waals surface area contributed by atoms with Gasteiger partial charge < -0.3 is 30.7 Å². The third-order valence-electron chi connectivity index (χ3n) is 12.4. The Bertz CT molecular complexity index is 2220. The molecule has 1 aromatic heterocycles. The molecule has 5 N–H and O–H groups in total. The summed E-state index contributed by atoms with van der Waals surface area (Å²) in [4.78, 5) is 22.0. The number of nitrogen functional groups attached to an aromatic ring is 1. The van der Waals surface area contributed by atoms with Crippen LogP contribution in [0.3, 0.4) is 0 Å². The van der Waals surface area contributed by atoms with E-state index in [4.69, 9.17) is 31.8 Å². The summed E-state index contributed by atoms with van der Waals surface area (Å²) in [6.45, 7) is 1.37. The molecule has 11 nitrogen and oxygen atoms in total. The van der Waals surface area contributed by atoms with Crippen LogP contribution in [0, 0.1) is 28.9 Å². The molecule has 6 atom stereocenters. The molecule has 2 aliphatic carbocycles. The molecule has 3 saturated heterocycles. The standard InChI is InChI=1S/C38H38ClF3N8O3S/c39-28-26(21-6-7-23(41)34-25(21)22(12-43)35(44)54-34)29(42)33-27-31(28)45-16-46-36(27)50(14-24(53-33)52-15-38-8-1-9-49(38)13-18(40)11-38)20-5-4-19(10-20)47-37(51)32-30(48-32)17-2-3-17/h6-7,14,17-20,30,32,45,48H,1-5,8-11,13,15-16,44H2,(H,47,51)/t18-,19?,20?,30+,32-,38+/m1/s1. The first kappa shape index (κ1) is 34.3. The van der Waals surface area contributed by atoms with Crippen LogP contribution in [0.1, 0.15) is 62.5 Å². The highest BCUT2D eigenvalue weighted by atomic mass is 35.5. The van der Waals surface area contributed by atoms with Gasteiger partial charge in [-0.05, 0) is 69.0 Å². The number of aliphatic imine (C=N–C) groups is 1. The van der Waals surface area contributed by atoms with E-state index in [1.54, 1.807) is 6.20 Å². The molecule has 0 spiro atoms. The maximum atomic E-state index is 17.4. The summed E-state index contributed by atoms with van der Waals surface area (Å²) in [5.74, 6) is -0.596. The maximum Gasteiger partial charge on any atom is 0.302 e.